The van der Waals surface area contributed by atoms with Crippen LogP contribution < -0.4 is 5.32 Å². The van der Waals surface area contributed by atoms with Gasteiger partial charge in [-0.15, -0.1) is 0 Å². The molecule has 1 heterocycles. The summed E-state index contributed by atoms with van der Waals surface area (Å²) in [5, 5.41) is 5.16. The van der Waals surface area contributed by atoms with Crippen LogP contribution in [0.1, 0.15) is 5.56 Å². The predicted molar refractivity (Wildman–Crippen MR) is 83.0 cm³/mol. The Morgan fingerprint density at radius 1 is 1.29 bits per heavy atom. The van der Waals surface area contributed by atoms with E-state index < -0.39 is 0 Å². The Morgan fingerprint density at radius 3 is 2.90 bits per heavy atom. The SMILES string of the molecule is CNC(=O)C1CN(Cc2ccc3ccccc3c2)CCO1. The molecule has 1 amide bonds. The van der Waals surface area contributed by atoms with Gasteiger partial charge in [0.2, 0.25) is 5.91 Å². The van der Waals surface area contributed by atoms with Crippen LogP contribution in [0.5, 0.6) is 0 Å². The van der Waals surface area contributed by atoms with Crippen LogP contribution in [0.3, 0.4) is 0 Å². The molecule has 1 unspecified atom stereocenters. The number of hydrogen-bond acceptors (Lipinski definition) is 3. The third-order valence-corrected chi connectivity index (χ3v) is 3.91. The number of nitrogens with zero attached hydrogens (tertiary/aromatic N) is 1. The van der Waals surface area contributed by atoms with Crippen LogP contribution in [0.4, 0.5) is 0 Å². The van der Waals surface area contributed by atoms with Gasteiger partial charge in [-0.25, -0.2) is 0 Å². The first kappa shape index (κ1) is 14.0. The summed E-state index contributed by atoms with van der Waals surface area (Å²) in [6.45, 7) is 2.96. The minimum Gasteiger partial charge on any atom is -0.366 e. The molecule has 4 heteroatoms. The van der Waals surface area contributed by atoms with Gasteiger partial charge in [-0.1, -0.05) is 36.4 Å². The van der Waals surface area contributed by atoms with Crippen LogP contribution in [0.2, 0.25) is 0 Å². The van der Waals surface area contributed by atoms with E-state index in [1.807, 2.05) is 0 Å². The number of benzene rings is 2. The number of carbonyl (C=O) groups excluding carboxylic acids is 1. The highest BCUT2D eigenvalue weighted by atomic mass is 16.5. The van der Waals surface area contributed by atoms with Gasteiger partial charge in [0, 0.05) is 26.7 Å². The first-order valence-corrected chi connectivity index (χ1v) is 7.29. The molecule has 0 bridgehead atoms. The molecule has 1 aliphatic heterocycles. The molecule has 2 aromatic carbocycles. The minimum absolute atomic E-state index is 0.0433. The van der Waals surface area contributed by atoms with Crippen LogP contribution in [0, 0.1) is 0 Å². The zero-order valence-electron chi connectivity index (χ0n) is 12.2. The number of rotatable bonds is 3. The molecule has 21 heavy (non-hydrogen) atoms. The van der Waals surface area contributed by atoms with Crippen molar-refractivity contribution < 1.29 is 9.53 Å². The summed E-state index contributed by atoms with van der Waals surface area (Å²) in [6, 6.07) is 14.9. The standard InChI is InChI=1S/C17H20N2O2/c1-18-17(20)16-12-19(8-9-21-16)11-13-6-7-14-4-2-3-5-15(14)10-13/h2-7,10,16H,8-9,11-12H2,1H3,(H,18,20). The van der Waals surface area contributed by atoms with Gasteiger partial charge in [0.25, 0.3) is 0 Å². The summed E-state index contributed by atoms with van der Waals surface area (Å²) in [6.07, 6.45) is -0.357. The number of morpholine rings is 1. The fourth-order valence-electron chi connectivity index (χ4n) is 2.76. The molecule has 110 valence electrons. The lowest BCUT2D eigenvalue weighted by molar-refractivity contribution is -0.138. The molecule has 2 aromatic rings. The van der Waals surface area contributed by atoms with Crippen molar-refractivity contribution in [3.05, 3.63) is 48.0 Å². The predicted octanol–water partition coefficient (Wildman–Crippen LogP) is 1.79. The molecule has 0 saturated carbocycles. The molecule has 1 saturated heterocycles. The van der Waals surface area contributed by atoms with Gasteiger partial charge in [-0.2, -0.15) is 0 Å². The minimum atomic E-state index is -0.357. The van der Waals surface area contributed by atoms with Gasteiger partial charge in [0.1, 0.15) is 6.10 Å². The molecular formula is C17H20N2O2. The Morgan fingerprint density at radius 2 is 2.10 bits per heavy atom. The van der Waals surface area contributed by atoms with Crippen molar-refractivity contribution in [2.75, 3.05) is 26.7 Å². The lowest BCUT2D eigenvalue weighted by Crippen LogP contribution is -2.48. The summed E-state index contributed by atoms with van der Waals surface area (Å²) < 4.78 is 5.52. The number of nitrogens with one attached hydrogen (secondary N) is 1. The average Bonchev–Trinajstić information content (AvgIpc) is 2.54. The lowest BCUT2D eigenvalue weighted by atomic mass is 10.1. The first-order valence-electron chi connectivity index (χ1n) is 7.29. The summed E-state index contributed by atoms with van der Waals surface area (Å²) >= 11 is 0. The Hall–Kier alpha value is -1.91. The van der Waals surface area contributed by atoms with Crippen LogP contribution >= 0.6 is 0 Å². The van der Waals surface area contributed by atoms with Gasteiger partial charge in [0.05, 0.1) is 6.61 Å². The number of fused-ring (bicyclic) bond motifs is 1. The average molecular weight is 284 g/mol. The number of ether oxygens (including phenoxy) is 1. The molecule has 4 nitrogen and oxygen atoms in total. The third-order valence-electron chi connectivity index (χ3n) is 3.91. The first-order chi connectivity index (χ1) is 10.3. The molecule has 0 aliphatic carbocycles. The second kappa shape index (κ2) is 6.24. The number of likely N-dealkylation sites (N-methyl/N-ethyl adjacent to an activating group) is 1. The quantitative estimate of drug-likeness (QED) is 0.934. The van der Waals surface area contributed by atoms with Crippen molar-refractivity contribution in [2.45, 2.75) is 12.6 Å². The normalized spacial score (nSPS) is 19.6. The summed E-state index contributed by atoms with van der Waals surface area (Å²) in [5.41, 5.74) is 1.27. The second-order valence-electron chi connectivity index (χ2n) is 5.39. The highest BCUT2D eigenvalue weighted by molar-refractivity contribution is 5.83. The maximum atomic E-state index is 11.7. The van der Waals surface area contributed by atoms with Crippen LogP contribution in [0.25, 0.3) is 10.8 Å². The zero-order valence-corrected chi connectivity index (χ0v) is 12.2. The van der Waals surface area contributed by atoms with Crippen molar-refractivity contribution in [2.24, 2.45) is 0 Å². The highest BCUT2D eigenvalue weighted by Crippen LogP contribution is 2.18. The molecule has 1 atom stereocenters. The summed E-state index contributed by atoms with van der Waals surface area (Å²) in [7, 11) is 1.65. The van der Waals surface area contributed by atoms with E-state index in [2.05, 4.69) is 52.7 Å². The van der Waals surface area contributed by atoms with E-state index in [4.69, 9.17) is 4.74 Å². The maximum absolute atomic E-state index is 11.7. The van der Waals surface area contributed by atoms with E-state index >= 15 is 0 Å². The lowest BCUT2D eigenvalue weighted by Gasteiger charge is -2.31. The molecule has 0 spiro atoms. The zero-order chi connectivity index (χ0) is 14.7. The Bertz CT molecular complexity index is 641. The molecule has 3 rings (SSSR count). The maximum Gasteiger partial charge on any atom is 0.250 e. The largest absolute Gasteiger partial charge is 0.366 e. The van der Waals surface area contributed by atoms with E-state index in [9.17, 15) is 4.79 Å². The molecule has 1 aliphatic rings. The summed E-state index contributed by atoms with van der Waals surface area (Å²) in [4.78, 5) is 13.9. The van der Waals surface area contributed by atoms with Crippen molar-refractivity contribution in [1.82, 2.24) is 10.2 Å². The monoisotopic (exact) mass is 284 g/mol. The summed E-state index contributed by atoms with van der Waals surface area (Å²) in [5.74, 6) is -0.0433. The van der Waals surface area contributed by atoms with E-state index in [1.165, 1.54) is 16.3 Å². The Balaban J connectivity index is 1.71. The van der Waals surface area contributed by atoms with Crippen molar-refractivity contribution in [1.29, 1.82) is 0 Å². The Kier molecular flexibility index (Phi) is 4.18. The van der Waals surface area contributed by atoms with Crippen molar-refractivity contribution in [3.8, 4) is 0 Å². The number of hydrogen-bond donors (Lipinski definition) is 1. The van der Waals surface area contributed by atoms with Crippen molar-refractivity contribution >= 4 is 16.7 Å². The molecular weight excluding hydrogens is 264 g/mol. The van der Waals surface area contributed by atoms with Gasteiger partial charge >= 0.3 is 0 Å². The second-order valence-corrected chi connectivity index (χ2v) is 5.39. The smallest absolute Gasteiger partial charge is 0.250 e. The van der Waals surface area contributed by atoms with E-state index in [0.29, 0.717) is 13.2 Å². The van der Waals surface area contributed by atoms with Crippen LogP contribution in [-0.2, 0) is 16.1 Å². The van der Waals surface area contributed by atoms with Gasteiger partial charge in [-0.05, 0) is 22.4 Å². The van der Waals surface area contributed by atoms with Crippen LogP contribution in [0.15, 0.2) is 42.5 Å². The number of amides is 1. The highest BCUT2D eigenvalue weighted by Gasteiger charge is 2.25. The molecule has 1 fully saturated rings. The molecule has 0 aromatic heterocycles. The molecule has 0 radical (unpaired) electrons. The number of carbonyl (C=O) groups is 1. The van der Waals surface area contributed by atoms with Crippen LogP contribution in [-0.4, -0.2) is 43.7 Å². The van der Waals surface area contributed by atoms with Gasteiger partial charge in [0.15, 0.2) is 0 Å². The fraction of sp³-hybridized carbons (Fsp3) is 0.353. The topological polar surface area (TPSA) is 41.6 Å². The Labute approximate surface area is 124 Å². The fourth-order valence-corrected chi connectivity index (χ4v) is 2.76. The third kappa shape index (κ3) is 3.23. The van der Waals surface area contributed by atoms with E-state index in [0.717, 1.165) is 13.1 Å². The van der Waals surface area contributed by atoms with E-state index in [-0.39, 0.29) is 12.0 Å². The van der Waals surface area contributed by atoms with E-state index in [1.54, 1.807) is 7.05 Å². The van der Waals surface area contributed by atoms with Gasteiger partial charge in [-0.3, -0.25) is 9.69 Å². The van der Waals surface area contributed by atoms with Crippen molar-refractivity contribution in [3.63, 3.8) is 0 Å². The van der Waals surface area contributed by atoms with Gasteiger partial charge < -0.3 is 10.1 Å². The molecule has 1 N–H and O–H groups in total.